The van der Waals surface area contributed by atoms with E-state index in [4.69, 9.17) is 4.74 Å². The van der Waals surface area contributed by atoms with Gasteiger partial charge in [-0.15, -0.1) is 11.3 Å². The summed E-state index contributed by atoms with van der Waals surface area (Å²) in [6.07, 6.45) is 0.739. The molecule has 43 heavy (non-hydrogen) atoms. The second kappa shape index (κ2) is 12.5. The lowest BCUT2D eigenvalue weighted by molar-refractivity contribution is -0.466. The van der Waals surface area contributed by atoms with E-state index in [9.17, 15) is 14.7 Å². The third-order valence-corrected chi connectivity index (χ3v) is 8.92. The molecule has 6 nitrogen and oxygen atoms in total. The fraction of sp³-hybridized carbons (Fsp3) is 0.139. The van der Waals surface area contributed by atoms with E-state index < -0.39 is 0 Å². The third-order valence-electron chi connectivity index (χ3n) is 7.71. The summed E-state index contributed by atoms with van der Waals surface area (Å²) in [5.74, 6) is 0.229. The van der Waals surface area contributed by atoms with Crippen LogP contribution in [-0.2, 0) is 6.54 Å². The number of hydrogen-bond acceptors (Lipinski definition) is 4. The van der Waals surface area contributed by atoms with Crippen LogP contribution in [0.25, 0.3) is 21.0 Å². The highest BCUT2D eigenvalue weighted by atomic mass is 32.1. The molecule has 0 bridgehead atoms. The Morgan fingerprint density at radius 2 is 1.44 bits per heavy atom. The van der Waals surface area contributed by atoms with Gasteiger partial charge < -0.3 is 9.84 Å². The van der Waals surface area contributed by atoms with Gasteiger partial charge in [-0.1, -0.05) is 109 Å². The number of thiophene rings is 1. The summed E-state index contributed by atoms with van der Waals surface area (Å²) in [6.45, 7) is 0.385. The van der Waals surface area contributed by atoms with Gasteiger partial charge in [0.25, 0.3) is 5.56 Å². The molecule has 0 fully saturated rings. The van der Waals surface area contributed by atoms with Gasteiger partial charge in [-0.05, 0) is 17.2 Å². The van der Waals surface area contributed by atoms with Crippen molar-refractivity contribution in [3.05, 3.63) is 147 Å². The number of benzene rings is 4. The van der Waals surface area contributed by atoms with E-state index in [2.05, 4.69) is 29.3 Å². The molecule has 2 N–H and O–H groups in total. The molecule has 0 amide bonds. The van der Waals surface area contributed by atoms with Gasteiger partial charge in [0.05, 0.1) is 23.9 Å². The summed E-state index contributed by atoms with van der Waals surface area (Å²) in [6, 6.07) is 37.1. The second-order valence-electron chi connectivity index (χ2n) is 10.3. The van der Waals surface area contributed by atoms with E-state index in [0.29, 0.717) is 38.3 Å². The number of nitrogens with one attached hydrogen (secondary N) is 1. The third kappa shape index (κ3) is 5.59. The van der Waals surface area contributed by atoms with Crippen molar-refractivity contribution in [1.29, 1.82) is 0 Å². The Morgan fingerprint density at radius 3 is 2.07 bits per heavy atom. The van der Waals surface area contributed by atoms with Crippen molar-refractivity contribution in [2.24, 2.45) is 0 Å². The number of pyridine rings is 1. The number of ether oxygens (including phenoxy) is 1. The van der Waals surface area contributed by atoms with E-state index in [0.717, 1.165) is 11.8 Å². The molecule has 4 aromatic carbocycles. The number of hydrogen-bond donors (Lipinski definition) is 2. The molecule has 214 valence electrons. The number of fused-ring (bicyclic) bond motifs is 3. The zero-order valence-corrected chi connectivity index (χ0v) is 24.5. The monoisotopic (exact) mass is 587 g/mol. The van der Waals surface area contributed by atoms with Crippen LogP contribution in [0.2, 0.25) is 0 Å². The molecule has 0 radical (unpaired) electrons. The van der Waals surface area contributed by atoms with E-state index >= 15 is 0 Å². The number of aromatic nitrogens is 1. The topological polar surface area (TPSA) is 82.5 Å². The summed E-state index contributed by atoms with van der Waals surface area (Å²) in [5, 5.41) is 12.4. The zero-order valence-electron chi connectivity index (χ0n) is 23.7. The van der Waals surface area contributed by atoms with Crippen molar-refractivity contribution in [2.45, 2.75) is 18.9 Å². The first-order chi connectivity index (χ1) is 21.1. The van der Waals surface area contributed by atoms with Gasteiger partial charge in [0.1, 0.15) is 11.9 Å². The van der Waals surface area contributed by atoms with Crippen LogP contribution in [0.3, 0.4) is 0 Å². The van der Waals surface area contributed by atoms with E-state index in [1.807, 2.05) is 66.7 Å². The molecule has 0 unspecified atom stereocenters. The van der Waals surface area contributed by atoms with E-state index in [1.165, 1.54) is 34.1 Å². The van der Waals surface area contributed by atoms with Crippen LogP contribution in [-0.4, -0.2) is 35.0 Å². The molecule has 0 aliphatic carbocycles. The first kappa shape index (κ1) is 28.1. The van der Waals surface area contributed by atoms with Crippen molar-refractivity contribution in [3.63, 3.8) is 0 Å². The highest BCUT2D eigenvalue weighted by molar-refractivity contribution is 7.22. The fourth-order valence-electron chi connectivity index (χ4n) is 5.62. The predicted molar refractivity (Wildman–Crippen MR) is 173 cm³/mol. The minimum absolute atomic E-state index is 0.0479. The lowest BCUT2D eigenvalue weighted by Crippen LogP contribution is -2.73. The van der Waals surface area contributed by atoms with Crippen LogP contribution in [0.1, 0.15) is 38.7 Å². The maximum Gasteiger partial charge on any atom is 0.380 e. The van der Waals surface area contributed by atoms with Gasteiger partial charge in [-0.2, -0.15) is 0 Å². The number of methoxy groups -OCH3 is 1. The Hall–Kier alpha value is -5.01. The number of Topliss-reactive ketones (excluding diaryl/α,β-unsaturated/α-hetero) is 1. The van der Waals surface area contributed by atoms with E-state index in [1.54, 1.807) is 24.3 Å². The normalized spacial score (nSPS) is 11.8. The fourth-order valence-corrected chi connectivity index (χ4v) is 6.84. The maximum absolute atomic E-state index is 14.0. The lowest BCUT2D eigenvalue weighted by atomic mass is 9.89. The molecule has 0 saturated carbocycles. The van der Waals surface area contributed by atoms with Crippen LogP contribution >= 0.6 is 11.3 Å². The molecule has 0 saturated heterocycles. The first-order valence-electron chi connectivity index (χ1n) is 14.2. The SMILES string of the molecule is COc1c(C(O)=[NH+]CCC(c2ccccc2)c2ccccc2)sc2c1c(=O)n(CC(=O)c1ccccc1)c1ccccc21. The number of carbonyl (C=O) groups excluding carboxylic acids is 1. The van der Waals surface area contributed by atoms with Gasteiger partial charge in [0.15, 0.2) is 16.4 Å². The van der Waals surface area contributed by atoms with Crippen LogP contribution in [0.4, 0.5) is 0 Å². The first-order valence-corrected chi connectivity index (χ1v) is 15.0. The smallest absolute Gasteiger partial charge is 0.380 e. The van der Waals surface area contributed by atoms with Crippen molar-refractivity contribution >= 4 is 44.0 Å². The molecule has 0 atom stereocenters. The maximum atomic E-state index is 14.0. The predicted octanol–water partition coefficient (Wildman–Crippen LogP) is 5.72. The standard InChI is InChI=1S/C36H30N2O4S/c1-42-32-31-33(28-19-11-12-20-29(28)38(36(31)41)23-30(39)26-17-9-4-10-18-26)43-34(32)35(40)37-22-21-27(24-13-5-2-6-14-24)25-15-7-3-8-16-25/h2-20,27H,21-23H2,1H3,(H,37,40)/p+1. The molecule has 6 rings (SSSR count). The Labute approximate surface area is 253 Å². The highest BCUT2D eigenvalue weighted by Gasteiger charge is 2.27. The summed E-state index contributed by atoms with van der Waals surface area (Å²) in [7, 11) is 1.49. The molecule has 0 aliphatic rings. The quantitative estimate of drug-likeness (QED) is 0.122. The number of carbonyl (C=O) groups is 1. The van der Waals surface area contributed by atoms with Gasteiger partial charge in [-0.3, -0.25) is 14.2 Å². The Kier molecular flexibility index (Phi) is 8.16. The van der Waals surface area contributed by atoms with Crippen molar-refractivity contribution in [3.8, 4) is 5.75 Å². The molecule has 0 spiro atoms. The minimum atomic E-state index is -0.335. The summed E-state index contributed by atoms with van der Waals surface area (Å²) < 4.78 is 7.96. The molecule has 0 aliphatic heterocycles. The molecule has 2 heterocycles. The zero-order chi connectivity index (χ0) is 29.8. The van der Waals surface area contributed by atoms with Gasteiger partial charge in [-0.25, -0.2) is 4.99 Å². The van der Waals surface area contributed by atoms with Crippen molar-refractivity contribution in [1.82, 2.24) is 4.57 Å². The molecule has 2 aromatic heterocycles. The number of para-hydroxylation sites is 1. The number of aliphatic hydroxyl groups excluding tert-OH is 1. The van der Waals surface area contributed by atoms with Gasteiger partial charge in [0.2, 0.25) is 0 Å². The van der Waals surface area contributed by atoms with Crippen molar-refractivity contribution < 1.29 is 19.6 Å². The lowest BCUT2D eigenvalue weighted by Gasteiger charge is -2.16. The van der Waals surface area contributed by atoms with Crippen LogP contribution < -0.4 is 15.3 Å². The van der Waals surface area contributed by atoms with Crippen LogP contribution in [0, 0.1) is 0 Å². The minimum Gasteiger partial charge on any atom is -0.494 e. The summed E-state index contributed by atoms with van der Waals surface area (Å²) in [4.78, 5) is 30.7. The summed E-state index contributed by atoms with van der Waals surface area (Å²) in [5.41, 5.74) is 3.26. The highest BCUT2D eigenvalue weighted by Crippen LogP contribution is 2.39. The second-order valence-corrected chi connectivity index (χ2v) is 11.3. The van der Waals surface area contributed by atoms with Crippen molar-refractivity contribution in [2.75, 3.05) is 13.7 Å². The van der Waals surface area contributed by atoms with Gasteiger partial charge in [0, 0.05) is 23.3 Å². The van der Waals surface area contributed by atoms with Crippen LogP contribution in [0.15, 0.2) is 120 Å². The van der Waals surface area contributed by atoms with Gasteiger partial charge >= 0.3 is 5.90 Å². The number of ketones is 1. The Balaban J connectivity index is 1.38. The number of nitrogens with zero attached hydrogens (tertiary/aromatic N) is 1. The van der Waals surface area contributed by atoms with E-state index in [-0.39, 0.29) is 29.7 Å². The van der Waals surface area contributed by atoms with Crippen LogP contribution in [0.5, 0.6) is 5.75 Å². The molecular weight excluding hydrogens is 556 g/mol. The Morgan fingerprint density at radius 1 is 0.860 bits per heavy atom. The average molecular weight is 588 g/mol. The molecule has 6 aromatic rings. The largest absolute Gasteiger partial charge is 0.494 e. The molecule has 7 heteroatoms. The molecular formula is C36H31N2O4S+. The number of aliphatic hydroxyl groups is 1. The Bertz CT molecular complexity index is 1940. The number of rotatable bonds is 10. The average Bonchev–Trinajstić information content (AvgIpc) is 3.46. The summed E-state index contributed by atoms with van der Waals surface area (Å²) >= 11 is 1.30.